The molecule has 0 aliphatic heterocycles. The highest BCUT2D eigenvalue weighted by molar-refractivity contribution is 7.92. The second kappa shape index (κ2) is 10.7. The SMILES string of the molecule is Cc1ccc(S(=O)(=O)N(CC(=O)NC(C)COc2ccccc2C)c2ccc(Cl)cc2)cc1. The standard InChI is InChI=1S/C25H27ClN2O4S/c1-18-8-14-23(15-9-18)33(30,31)28(22-12-10-21(26)11-13-22)16-25(29)27-20(3)17-32-24-7-5-4-6-19(24)2/h4-15,20H,16-17H2,1-3H3,(H,27,29). The Morgan fingerprint density at radius 2 is 1.64 bits per heavy atom. The van der Waals surface area contributed by atoms with Gasteiger partial charge in [0.05, 0.1) is 16.6 Å². The van der Waals surface area contributed by atoms with Crippen molar-refractivity contribution in [2.24, 2.45) is 0 Å². The predicted octanol–water partition coefficient (Wildman–Crippen LogP) is 4.74. The van der Waals surface area contributed by atoms with Crippen molar-refractivity contribution in [3.05, 3.63) is 88.9 Å². The third kappa shape index (κ3) is 6.49. The first-order valence-electron chi connectivity index (χ1n) is 10.5. The third-order valence-corrected chi connectivity index (χ3v) is 7.04. The van der Waals surface area contributed by atoms with E-state index in [2.05, 4.69) is 5.32 Å². The van der Waals surface area contributed by atoms with Crippen molar-refractivity contribution < 1.29 is 17.9 Å². The van der Waals surface area contributed by atoms with Crippen LogP contribution in [0.15, 0.2) is 77.7 Å². The molecule has 6 nitrogen and oxygen atoms in total. The molecule has 0 aromatic heterocycles. The van der Waals surface area contributed by atoms with Crippen LogP contribution in [0.4, 0.5) is 5.69 Å². The highest BCUT2D eigenvalue weighted by Crippen LogP contribution is 2.25. The van der Waals surface area contributed by atoms with E-state index in [0.29, 0.717) is 10.7 Å². The predicted molar refractivity (Wildman–Crippen MR) is 131 cm³/mol. The summed E-state index contributed by atoms with van der Waals surface area (Å²) >= 11 is 5.97. The summed E-state index contributed by atoms with van der Waals surface area (Å²) in [5.74, 6) is 0.296. The number of carbonyl (C=O) groups is 1. The van der Waals surface area contributed by atoms with Gasteiger partial charge in [-0.15, -0.1) is 0 Å². The fraction of sp³-hybridized carbons (Fsp3) is 0.240. The summed E-state index contributed by atoms with van der Waals surface area (Å²) in [7, 11) is -3.98. The van der Waals surface area contributed by atoms with E-state index in [4.69, 9.17) is 16.3 Å². The number of hydrogen-bond donors (Lipinski definition) is 1. The maximum Gasteiger partial charge on any atom is 0.264 e. The number of nitrogens with one attached hydrogen (secondary N) is 1. The minimum Gasteiger partial charge on any atom is -0.491 e. The van der Waals surface area contributed by atoms with Crippen molar-refractivity contribution in [2.75, 3.05) is 17.5 Å². The molecule has 174 valence electrons. The van der Waals surface area contributed by atoms with Crippen LogP contribution in [-0.4, -0.2) is 33.5 Å². The number of benzene rings is 3. The van der Waals surface area contributed by atoms with Gasteiger partial charge in [-0.3, -0.25) is 9.10 Å². The lowest BCUT2D eigenvalue weighted by atomic mass is 10.2. The van der Waals surface area contributed by atoms with E-state index in [1.165, 1.54) is 12.1 Å². The van der Waals surface area contributed by atoms with E-state index in [0.717, 1.165) is 21.2 Å². The van der Waals surface area contributed by atoms with Gasteiger partial charge in [-0.25, -0.2) is 8.42 Å². The molecule has 8 heteroatoms. The number of hydrogen-bond acceptors (Lipinski definition) is 4. The molecule has 3 aromatic carbocycles. The van der Waals surface area contributed by atoms with Crippen LogP contribution in [0.25, 0.3) is 0 Å². The Kier molecular flexibility index (Phi) is 8.00. The average Bonchev–Trinajstić information content (AvgIpc) is 2.78. The highest BCUT2D eigenvalue weighted by Gasteiger charge is 2.27. The molecule has 0 radical (unpaired) electrons. The molecule has 0 spiro atoms. The molecule has 1 N–H and O–H groups in total. The number of aryl methyl sites for hydroxylation is 2. The van der Waals surface area contributed by atoms with Crippen LogP contribution in [0, 0.1) is 13.8 Å². The van der Waals surface area contributed by atoms with Gasteiger partial charge in [0, 0.05) is 5.02 Å². The van der Waals surface area contributed by atoms with E-state index < -0.39 is 15.9 Å². The van der Waals surface area contributed by atoms with Crippen molar-refractivity contribution >= 4 is 33.2 Å². The number of rotatable bonds is 9. The molecule has 1 amide bonds. The molecule has 1 unspecified atom stereocenters. The Labute approximate surface area is 200 Å². The number of amides is 1. The minimum absolute atomic E-state index is 0.104. The molecule has 0 saturated carbocycles. The number of nitrogens with zero attached hydrogens (tertiary/aromatic N) is 1. The summed E-state index contributed by atoms with van der Waals surface area (Å²) in [5, 5.41) is 3.29. The molecule has 0 bridgehead atoms. The lowest BCUT2D eigenvalue weighted by molar-refractivity contribution is -0.120. The van der Waals surface area contributed by atoms with E-state index >= 15 is 0 Å². The normalized spacial score (nSPS) is 12.1. The van der Waals surface area contributed by atoms with Crippen LogP contribution >= 0.6 is 11.6 Å². The first kappa shape index (κ1) is 24.6. The second-order valence-corrected chi connectivity index (χ2v) is 10.1. The van der Waals surface area contributed by atoms with Gasteiger partial charge in [0.1, 0.15) is 18.9 Å². The maximum absolute atomic E-state index is 13.4. The molecule has 0 saturated heterocycles. The largest absolute Gasteiger partial charge is 0.491 e. The van der Waals surface area contributed by atoms with Crippen molar-refractivity contribution in [1.82, 2.24) is 5.32 Å². The molecule has 3 rings (SSSR count). The van der Waals surface area contributed by atoms with Gasteiger partial charge in [0.2, 0.25) is 5.91 Å². The first-order chi connectivity index (χ1) is 15.7. The Bertz CT molecular complexity index is 1200. The first-order valence-corrected chi connectivity index (χ1v) is 12.3. The lowest BCUT2D eigenvalue weighted by Crippen LogP contribution is -2.45. The quantitative estimate of drug-likeness (QED) is 0.474. The summed E-state index contributed by atoms with van der Waals surface area (Å²) in [6.07, 6.45) is 0. The summed E-state index contributed by atoms with van der Waals surface area (Å²) < 4.78 is 33.6. The molecule has 3 aromatic rings. The van der Waals surface area contributed by atoms with Crippen LogP contribution in [0.5, 0.6) is 5.75 Å². The molecule has 0 fully saturated rings. The van der Waals surface area contributed by atoms with Gasteiger partial charge in [-0.05, 0) is 68.8 Å². The average molecular weight is 487 g/mol. The van der Waals surface area contributed by atoms with Crippen molar-refractivity contribution in [1.29, 1.82) is 0 Å². The molecule has 33 heavy (non-hydrogen) atoms. The van der Waals surface area contributed by atoms with Gasteiger partial charge < -0.3 is 10.1 Å². The molecule has 1 atom stereocenters. The van der Waals surface area contributed by atoms with Gasteiger partial charge in [-0.1, -0.05) is 47.5 Å². The van der Waals surface area contributed by atoms with Crippen molar-refractivity contribution in [2.45, 2.75) is 31.7 Å². The zero-order valence-electron chi connectivity index (χ0n) is 18.8. The zero-order chi connectivity index (χ0) is 24.0. The number of anilines is 1. The van der Waals surface area contributed by atoms with Crippen LogP contribution in [0.2, 0.25) is 5.02 Å². The fourth-order valence-electron chi connectivity index (χ4n) is 3.19. The monoisotopic (exact) mass is 486 g/mol. The number of sulfonamides is 1. The van der Waals surface area contributed by atoms with E-state index in [1.807, 2.05) is 38.1 Å². The van der Waals surface area contributed by atoms with Crippen molar-refractivity contribution in [3.63, 3.8) is 0 Å². The smallest absolute Gasteiger partial charge is 0.264 e. The van der Waals surface area contributed by atoms with E-state index in [-0.39, 0.29) is 24.1 Å². The number of para-hydroxylation sites is 1. The Morgan fingerprint density at radius 1 is 1.00 bits per heavy atom. The van der Waals surface area contributed by atoms with Gasteiger partial charge >= 0.3 is 0 Å². The Morgan fingerprint density at radius 3 is 2.27 bits per heavy atom. The maximum atomic E-state index is 13.4. The Balaban J connectivity index is 1.75. The van der Waals surface area contributed by atoms with Crippen LogP contribution in [0.3, 0.4) is 0 Å². The van der Waals surface area contributed by atoms with Crippen molar-refractivity contribution in [3.8, 4) is 5.75 Å². The number of halogens is 1. The molecular formula is C25H27ClN2O4S. The second-order valence-electron chi connectivity index (χ2n) is 7.85. The van der Waals surface area contributed by atoms with Gasteiger partial charge in [0.15, 0.2) is 0 Å². The van der Waals surface area contributed by atoms with Gasteiger partial charge in [0.25, 0.3) is 10.0 Å². The Hall–Kier alpha value is -3.03. The molecule has 0 aliphatic rings. The highest BCUT2D eigenvalue weighted by atomic mass is 35.5. The zero-order valence-corrected chi connectivity index (χ0v) is 20.4. The summed E-state index contributed by atoms with van der Waals surface area (Å²) in [6.45, 7) is 5.49. The minimum atomic E-state index is -3.98. The third-order valence-electron chi connectivity index (χ3n) is 5.00. The van der Waals surface area contributed by atoms with E-state index in [1.54, 1.807) is 43.3 Å². The summed E-state index contributed by atoms with van der Waals surface area (Å²) in [5.41, 5.74) is 2.28. The van der Waals surface area contributed by atoms with E-state index in [9.17, 15) is 13.2 Å². The fourth-order valence-corrected chi connectivity index (χ4v) is 4.73. The lowest BCUT2D eigenvalue weighted by Gasteiger charge is -2.25. The summed E-state index contributed by atoms with van der Waals surface area (Å²) in [4.78, 5) is 12.9. The number of carbonyl (C=O) groups excluding carboxylic acids is 1. The van der Waals surface area contributed by atoms with Crippen LogP contribution < -0.4 is 14.4 Å². The van der Waals surface area contributed by atoms with Crippen LogP contribution in [0.1, 0.15) is 18.1 Å². The topological polar surface area (TPSA) is 75.7 Å². The molecular weight excluding hydrogens is 460 g/mol. The number of ether oxygens (including phenoxy) is 1. The molecule has 0 aliphatic carbocycles. The molecule has 0 heterocycles. The van der Waals surface area contributed by atoms with Gasteiger partial charge in [-0.2, -0.15) is 0 Å². The summed E-state index contributed by atoms with van der Waals surface area (Å²) in [6, 6.07) is 20.1. The van der Waals surface area contributed by atoms with Crippen LogP contribution in [-0.2, 0) is 14.8 Å².